The molecule has 0 aliphatic carbocycles. The van der Waals surface area contributed by atoms with Gasteiger partial charge in [-0.3, -0.25) is 14.9 Å². The first-order valence-electron chi connectivity index (χ1n) is 5.56. The molecular weight excluding hydrogens is 236 g/mol. The molecule has 1 N–H and O–H groups in total. The van der Waals surface area contributed by atoms with Gasteiger partial charge in [0.05, 0.1) is 4.92 Å². The first-order chi connectivity index (χ1) is 8.60. The lowest BCUT2D eigenvalue weighted by Crippen LogP contribution is -2.27. The molecule has 1 aromatic carbocycles. The second-order valence-corrected chi connectivity index (χ2v) is 3.79. The molecule has 6 nitrogen and oxygen atoms in total. The number of hydrogen-bond donors (Lipinski definition) is 1. The van der Waals surface area contributed by atoms with E-state index in [1.54, 1.807) is 13.1 Å². The fourth-order valence-electron chi connectivity index (χ4n) is 1.59. The summed E-state index contributed by atoms with van der Waals surface area (Å²) in [5.41, 5.74) is 0.205. The summed E-state index contributed by atoms with van der Waals surface area (Å²) in [6.07, 6.45) is -0.0615. The number of benzene rings is 1. The topological polar surface area (TPSA) is 81.5 Å². The molecule has 0 heterocycles. The van der Waals surface area contributed by atoms with Crippen LogP contribution in [0.15, 0.2) is 24.3 Å². The van der Waals surface area contributed by atoms with Crippen LogP contribution in [0.4, 0.5) is 5.69 Å². The Hall–Kier alpha value is -1.79. The Balaban J connectivity index is 2.87. The van der Waals surface area contributed by atoms with E-state index in [1.165, 1.54) is 25.3 Å². The van der Waals surface area contributed by atoms with Crippen molar-refractivity contribution in [3.05, 3.63) is 39.9 Å². The highest BCUT2D eigenvalue weighted by Gasteiger charge is 2.20. The number of nitro groups is 1. The molecule has 98 valence electrons. The summed E-state index contributed by atoms with van der Waals surface area (Å²) in [5, 5.41) is 13.6. The number of nitrogens with zero attached hydrogens (tertiary/aromatic N) is 1. The maximum atomic E-state index is 12.1. The van der Waals surface area contributed by atoms with E-state index in [1.807, 2.05) is 0 Å². The van der Waals surface area contributed by atoms with Crippen LogP contribution >= 0.6 is 0 Å². The first kappa shape index (κ1) is 14.3. The Labute approximate surface area is 105 Å². The van der Waals surface area contributed by atoms with Gasteiger partial charge in [-0.15, -0.1) is 0 Å². The predicted molar refractivity (Wildman–Crippen MR) is 66.8 cm³/mol. The normalized spacial score (nSPS) is 12.1. The fraction of sp³-hybridized carbons (Fsp3) is 0.417. The van der Waals surface area contributed by atoms with E-state index in [4.69, 9.17) is 4.74 Å². The molecule has 1 aromatic rings. The van der Waals surface area contributed by atoms with Crippen LogP contribution in [0.2, 0.25) is 0 Å². The van der Waals surface area contributed by atoms with E-state index in [2.05, 4.69) is 5.32 Å². The Morgan fingerprint density at radius 3 is 2.83 bits per heavy atom. The molecule has 18 heavy (non-hydrogen) atoms. The van der Waals surface area contributed by atoms with Crippen LogP contribution in [-0.4, -0.2) is 37.5 Å². The summed E-state index contributed by atoms with van der Waals surface area (Å²) in [5.74, 6) is -0.239. The molecule has 0 amide bonds. The third-order valence-corrected chi connectivity index (χ3v) is 2.57. The third-order valence-electron chi connectivity index (χ3n) is 2.57. The van der Waals surface area contributed by atoms with Gasteiger partial charge in [-0.25, -0.2) is 0 Å². The van der Waals surface area contributed by atoms with Crippen LogP contribution in [0.1, 0.15) is 16.8 Å². The molecule has 0 fully saturated rings. The van der Waals surface area contributed by atoms with Gasteiger partial charge in [0.15, 0.2) is 5.78 Å². The van der Waals surface area contributed by atoms with Crippen molar-refractivity contribution in [2.75, 3.05) is 20.7 Å². The molecule has 0 spiro atoms. The number of carbonyl (C=O) groups excluding carboxylic acids is 1. The van der Waals surface area contributed by atoms with E-state index in [0.29, 0.717) is 18.5 Å². The Kier molecular flexibility index (Phi) is 5.41. The lowest BCUT2D eigenvalue weighted by Gasteiger charge is -2.13. The molecule has 0 aliphatic rings. The van der Waals surface area contributed by atoms with Gasteiger partial charge >= 0.3 is 0 Å². The fourth-order valence-corrected chi connectivity index (χ4v) is 1.59. The van der Waals surface area contributed by atoms with Gasteiger partial charge < -0.3 is 10.1 Å². The van der Waals surface area contributed by atoms with Crippen LogP contribution in [0, 0.1) is 10.1 Å². The summed E-state index contributed by atoms with van der Waals surface area (Å²) in [4.78, 5) is 22.2. The predicted octanol–water partition coefficient (Wildman–Crippen LogP) is 1.40. The van der Waals surface area contributed by atoms with E-state index < -0.39 is 11.0 Å². The Morgan fingerprint density at radius 2 is 2.28 bits per heavy atom. The van der Waals surface area contributed by atoms with Crippen molar-refractivity contribution < 1.29 is 14.5 Å². The Bertz CT molecular complexity index is 434. The molecule has 6 heteroatoms. The van der Waals surface area contributed by atoms with Crippen molar-refractivity contribution in [3.8, 4) is 0 Å². The number of nitro benzene ring substituents is 1. The summed E-state index contributed by atoms with van der Waals surface area (Å²) in [6.45, 7) is 0.638. The highest BCUT2D eigenvalue weighted by molar-refractivity contribution is 5.99. The maximum Gasteiger partial charge on any atom is 0.270 e. The molecule has 1 atom stereocenters. The summed E-state index contributed by atoms with van der Waals surface area (Å²) in [6, 6.07) is 5.68. The minimum Gasteiger partial charge on any atom is -0.373 e. The molecule has 0 aliphatic heterocycles. The van der Waals surface area contributed by atoms with Crippen molar-refractivity contribution in [1.29, 1.82) is 0 Å². The minimum atomic E-state index is -0.584. The quantitative estimate of drug-likeness (QED) is 0.450. The van der Waals surface area contributed by atoms with Crippen molar-refractivity contribution in [1.82, 2.24) is 5.32 Å². The maximum absolute atomic E-state index is 12.1. The van der Waals surface area contributed by atoms with E-state index in [0.717, 1.165) is 0 Å². The molecular formula is C12H16N2O4. The summed E-state index contributed by atoms with van der Waals surface area (Å²) < 4.78 is 5.11. The first-order valence-corrected chi connectivity index (χ1v) is 5.56. The van der Waals surface area contributed by atoms with Gasteiger partial charge in [0.2, 0.25) is 0 Å². The summed E-state index contributed by atoms with van der Waals surface area (Å²) in [7, 11) is 3.24. The molecule has 1 rings (SSSR count). The van der Waals surface area contributed by atoms with Crippen molar-refractivity contribution >= 4 is 11.5 Å². The zero-order chi connectivity index (χ0) is 13.5. The average Bonchev–Trinajstić information content (AvgIpc) is 2.39. The second-order valence-electron chi connectivity index (χ2n) is 3.79. The zero-order valence-electron chi connectivity index (χ0n) is 10.4. The van der Waals surface area contributed by atoms with E-state index in [9.17, 15) is 14.9 Å². The lowest BCUT2D eigenvalue weighted by atomic mass is 10.0. The van der Waals surface area contributed by atoms with Crippen molar-refractivity contribution in [2.45, 2.75) is 12.5 Å². The number of ketones is 1. The van der Waals surface area contributed by atoms with Gasteiger partial charge in [-0.1, -0.05) is 12.1 Å². The second kappa shape index (κ2) is 6.83. The number of Topliss-reactive ketones (excluding diaryl/α,β-unsaturated/α-hetero) is 1. The number of rotatable bonds is 7. The smallest absolute Gasteiger partial charge is 0.270 e. The number of ether oxygens (including phenoxy) is 1. The molecule has 0 aromatic heterocycles. The van der Waals surface area contributed by atoms with Gasteiger partial charge in [-0.2, -0.15) is 0 Å². The number of methoxy groups -OCH3 is 1. The van der Waals surface area contributed by atoms with E-state index in [-0.39, 0.29) is 11.5 Å². The largest absolute Gasteiger partial charge is 0.373 e. The van der Waals surface area contributed by atoms with Gasteiger partial charge in [-0.05, 0) is 20.0 Å². The van der Waals surface area contributed by atoms with Crippen LogP contribution < -0.4 is 5.32 Å². The van der Waals surface area contributed by atoms with Crippen LogP contribution in [-0.2, 0) is 4.74 Å². The number of non-ortho nitro benzene ring substituents is 1. The monoisotopic (exact) mass is 252 g/mol. The lowest BCUT2D eigenvalue weighted by molar-refractivity contribution is -0.384. The zero-order valence-corrected chi connectivity index (χ0v) is 10.4. The molecule has 0 bridgehead atoms. The number of hydrogen-bond acceptors (Lipinski definition) is 5. The standard InChI is InChI=1S/C12H16N2O4/c1-13-7-6-11(18-2)12(15)9-4-3-5-10(8-9)14(16)17/h3-5,8,11,13H,6-7H2,1-2H3. The van der Waals surface area contributed by atoms with Gasteiger partial charge in [0.1, 0.15) is 6.10 Å². The summed E-state index contributed by atoms with van der Waals surface area (Å²) >= 11 is 0. The third kappa shape index (κ3) is 3.61. The van der Waals surface area contributed by atoms with Gasteiger partial charge in [0, 0.05) is 24.8 Å². The van der Waals surface area contributed by atoms with E-state index >= 15 is 0 Å². The Morgan fingerprint density at radius 1 is 1.56 bits per heavy atom. The average molecular weight is 252 g/mol. The van der Waals surface area contributed by atoms with Crippen molar-refractivity contribution in [2.24, 2.45) is 0 Å². The molecule has 0 radical (unpaired) electrons. The number of carbonyl (C=O) groups is 1. The molecule has 1 unspecified atom stereocenters. The van der Waals surface area contributed by atoms with Crippen molar-refractivity contribution in [3.63, 3.8) is 0 Å². The highest BCUT2D eigenvalue weighted by Crippen LogP contribution is 2.16. The minimum absolute atomic E-state index is 0.0932. The van der Waals surface area contributed by atoms with Gasteiger partial charge in [0.25, 0.3) is 5.69 Å². The van der Waals surface area contributed by atoms with Crippen LogP contribution in [0.25, 0.3) is 0 Å². The van der Waals surface area contributed by atoms with Crippen LogP contribution in [0.3, 0.4) is 0 Å². The molecule has 0 saturated heterocycles. The number of nitrogens with one attached hydrogen (secondary N) is 1. The van der Waals surface area contributed by atoms with Crippen LogP contribution in [0.5, 0.6) is 0 Å². The highest BCUT2D eigenvalue weighted by atomic mass is 16.6. The SMILES string of the molecule is CNCCC(OC)C(=O)c1cccc([N+](=O)[O-])c1. The molecule has 0 saturated carbocycles.